The van der Waals surface area contributed by atoms with Gasteiger partial charge in [-0.3, -0.25) is 0 Å². The van der Waals surface area contributed by atoms with Crippen LogP contribution < -0.4 is 16.4 Å². The quantitative estimate of drug-likeness (QED) is 0.732. The first-order valence-corrected chi connectivity index (χ1v) is 6.12. The molecule has 0 atom stereocenters. The van der Waals surface area contributed by atoms with Crippen molar-refractivity contribution < 1.29 is 4.79 Å². The van der Waals surface area contributed by atoms with E-state index in [-0.39, 0.29) is 12.1 Å². The summed E-state index contributed by atoms with van der Waals surface area (Å²) in [5.41, 5.74) is 6.64. The Morgan fingerprint density at radius 2 is 1.76 bits per heavy atom. The third kappa shape index (κ3) is 3.75. The average Bonchev–Trinajstić information content (AvgIpc) is 2.33. The van der Waals surface area contributed by atoms with Crippen molar-refractivity contribution in [1.29, 1.82) is 0 Å². The first-order chi connectivity index (χ1) is 8.24. The van der Waals surface area contributed by atoms with E-state index in [2.05, 4.69) is 10.6 Å². The Hall–Kier alpha value is -1.55. The summed E-state index contributed by atoms with van der Waals surface area (Å²) in [5, 5.41) is 5.80. The van der Waals surface area contributed by atoms with Gasteiger partial charge in [0.05, 0.1) is 0 Å². The molecule has 1 saturated carbocycles. The van der Waals surface area contributed by atoms with Crippen LogP contribution in [0.4, 0.5) is 10.5 Å². The van der Waals surface area contributed by atoms with E-state index in [1.807, 2.05) is 30.3 Å². The maximum absolute atomic E-state index is 11.7. The number of benzene rings is 1. The predicted molar refractivity (Wildman–Crippen MR) is 68.8 cm³/mol. The van der Waals surface area contributed by atoms with Gasteiger partial charge in [-0.1, -0.05) is 18.2 Å². The lowest BCUT2D eigenvalue weighted by Gasteiger charge is -2.26. The molecule has 1 fully saturated rings. The summed E-state index contributed by atoms with van der Waals surface area (Å²) in [4.78, 5) is 11.7. The molecule has 4 heteroatoms. The van der Waals surface area contributed by atoms with Gasteiger partial charge in [-0.2, -0.15) is 0 Å². The summed E-state index contributed by atoms with van der Waals surface area (Å²) < 4.78 is 0. The Balaban J connectivity index is 1.78. The minimum atomic E-state index is -0.128. The number of amides is 2. The van der Waals surface area contributed by atoms with Gasteiger partial charge in [-0.15, -0.1) is 0 Å². The van der Waals surface area contributed by atoms with Gasteiger partial charge >= 0.3 is 6.03 Å². The summed E-state index contributed by atoms with van der Waals surface area (Å²) in [6.07, 6.45) is 3.94. The standard InChI is InChI=1S/C13H19N3O/c14-10-6-8-12(9-7-10)16-13(17)15-11-4-2-1-3-5-11/h1-5,10,12H,6-9,14H2,(H2,15,16,17)/t10-,12-. The summed E-state index contributed by atoms with van der Waals surface area (Å²) in [6.45, 7) is 0. The summed E-state index contributed by atoms with van der Waals surface area (Å²) in [5.74, 6) is 0. The molecular formula is C13H19N3O. The number of nitrogens with one attached hydrogen (secondary N) is 2. The van der Waals surface area contributed by atoms with Crippen molar-refractivity contribution in [3.05, 3.63) is 30.3 Å². The first-order valence-electron chi connectivity index (χ1n) is 6.12. The monoisotopic (exact) mass is 233 g/mol. The number of hydrogen-bond acceptors (Lipinski definition) is 2. The van der Waals surface area contributed by atoms with Gasteiger partial charge in [0.1, 0.15) is 0 Å². The number of hydrogen-bond donors (Lipinski definition) is 3. The maximum atomic E-state index is 11.7. The second-order valence-electron chi connectivity index (χ2n) is 4.58. The fourth-order valence-corrected chi connectivity index (χ4v) is 2.14. The van der Waals surface area contributed by atoms with E-state index in [4.69, 9.17) is 5.73 Å². The van der Waals surface area contributed by atoms with Crippen LogP contribution in [0.3, 0.4) is 0 Å². The normalized spacial score (nSPS) is 24.1. The van der Waals surface area contributed by atoms with Crippen molar-refractivity contribution in [2.75, 3.05) is 5.32 Å². The van der Waals surface area contributed by atoms with E-state index in [0.29, 0.717) is 6.04 Å². The highest BCUT2D eigenvalue weighted by atomic mass is 16.2. The molecule has 4 N–H and O–H groups in total. The molecule has 4 nitrogen and oxygen atoms in total. The van der Waals surface area contributed by atoms with Crippen LogP contribution in [0.1, 0.15) is 25.7 Å². The van der Waals surface area contributed by atoms with Gasteiger partial charge < -0.3 is 16.4 Å². The van der Waals surface area contributed by atoms with Crippen molar-refractivity contribution in [3.8, 4) is 0 Å². The lowest BCUT2D eigenvalue weighted by molar-refractivity contribution is 0.242. The van der Waals surface area contributed by atoms with E-state index in [1.165, 1.54) is 0 Å². The molecule has 2 rings (SSSR count). The zero-order chi connectivity index (χ0) is 12.1. The van der Waals surface area contributed by atoms with Crippen molar-refractivity contribution in [2.24, 2.45) is 5.73 Å². The van der Waals surface area contributed by atoms with Gasteiger partial charge in [0.25, 0.3) is 0 Å². The first kappa shape index (κ1) is 11.9. The lowest BCUT2D eigenvalue weighted by atomic mass is 9.92. The van der Waals surface area contributed by atoms with Crippen molar-refractivity contribution >= 4 is 11.7 Å². The summed E-state index contributed by atoms with van der Waals surface area (Å²) in [7, 11) is 0. The number of rotatable bonds is 2. The highest BCUT2D eigenvalue weighted by Crippen LogP contribution is 2.17. The highest BCUT2D eigenvalue weighted by molar-refractivity contribution is 5.89. The zero-order valence-electron chi connectivity index (χ0n) is 9.86. The van der Waals surface area contributed by atoms with E-state index in [0.717, 1.165) is 31.4 Å². The molecule has 1 aromatic carbocycles. The Morgan fingerprint density at radius 1 is 1.12 bits per heavy atom. The van der Waals surface area contributed by atoms with Gasteiger partial charge in [0.2, 0.25) is 0 Å². The SMILES string of the molecule is N[C@H]1CC[C@H](NC(=O)Nc2ccccc2)CC1. The van der Waals surface area contributed by atoms with E-state index < -0.39 is 0 Å². The largest absolute Gasteiger partial charge is 0.335 e. The molecule has 92 valence electrons. The Morgan fingerprint density at radius 3 is 2.41 bits per heavy atom. The smallest absolute Gasteiger partial charge is 0.319 e. The van der Waals surface area contributed by atoms with Gasteiger partial charge in [-0.05, 0) is 37.8 Å². The number of urea groups is 1. The lowest BCUT2D eigenvalue weighted by Crippen LogP contribution is -2.42. The third-order valence-corrected chi connectivity index (χ3v) is 3.14. The molecule has 0 aromatic heterocycles. The second kappa shape index (κ2) is 5.68. The Bertz CT molecular complexity index is 358. The van der Waals surface area contributed by atoms with Crippen molar-refractivity contribution in [2.45, 2.75) is 37.8 Å². The number of carbonyl (C=O) groups is 1. The topological polar surface area (TPSA) is 67.1 Å². The maximum Gasteiger partial charge on any atom is 0.319 e. The molecule has 0 saturated heterocycles. The van der Waals surface area contributed by atoms with Crippen LogP contribution in [0.2, 0.25) is 0 Å². The minimum Gasteiger partial charge on any atom is -0.335 e. The van der Waals surface area contributed by atoms with Crippen LogP contribution in [-0.4, -0.2) is 18.1 Å². The molecule has 0 aliphatic heterocycles. The third-order valence-electron chi connectivity index (χ3n) is 3.14. The van der Waals surface area contributed by atoms with Crippen LogP contribution in [-0.2, 0) is 0 Å². The number of nitrogens with two attached hydrogens (primary N) is 1. The van der Waals surface area contributed by atoms with E-state index in [1.54, 1.807) is 0 Å². The molecule has 1 aromatic rings. The van der Waals surface area contributed by atoms with E-state index >= 15 is 0 Å². The molecular weight excluding hydrogens is 214 g/mol. The number of carbonyl (C=O) groups excluding carboxylic acids is 1. The molecule has 0 unspecified atom stereocenters. The van der Waals surface area contributed by atoms with Gasteiger partial charge in [-0.25, -0.2) is 4.79 Å². The minimum absolute atomic E-state index is 0.128. The van der Waals surface area contributed by atoms with Crippen molar-refractivity contribution in [3.63, 3.8) is 0 Å². The zero-order valence-corrected chi connectivity index (χ0v) is 9.86. The molecule has 1 aliphatic rings. The van der Waals surface area contributed by atoms with E-state index in [9.17, 15) is 4.79 Å². The summed E-state index contributed by atoms with van der Waals surface area (Å²) in [6, 6.07) is 9.91. The van der Waals surface area contributed by atoms with Gasteiger partial charge in [0, 0.05) is 17.8 Å². The van der Waals surface area contributed by atoms with Gasteiger partial charge in [0.15, 0.2) is 0 Å². The Kier molecular flexibility index (Phi) is 3.98. The van der Waals surface area contributed by atoms with Crippen molar-refractivity contribution in [1.82, 2.24) is 5.32 Å². The highest BCUT2D eigenvalue weighted by Gasteiger charge is 2.19. The number of para-hydroxylation sites is 1. The second-order valence-corrected chi connectivity index (χ2v) is 4.58. The van der Waals surface area contributed by atoms with Crippen LogP contribution in [0, 0.1) is 0 Å². The molecule has 0 heterocycles. The Labute approximate surface area is 102 Å². The van der Waals surface area contributed by atoms with Crippen LogP contribution in [0.25, 0.3) is 0 Å². The predicted octanol–water partition coefficient (Wildman–Crippen LogP) is 2.08. The van der Waals surface area contributed by atoms with Crippen LogP contribution in [0.5, 0.6) is 0 Å². The fourth-order valence-electron chi connectivity index (χ4n) is 2.14. The molecule has 1 aliphatic carbocycles. The average molecular weight is 233 g/mol. The molecule has 0 spiro atoms. The van der Waals surface area contributed by atoms with Crippen LogP contribution in [0.15, 0.2) is 30.3 Å². The molecule has 2 amide bonds. The fraction of sp³-hybridized carbons (Fsp3) is 0.462. The number of anilines is 1. The molecule has 0 radical (unpaired) electrons. The van der Waals surface area contributed by atoms with Crippen LogP contribution >= 0.6 is 0 Å². The molecule has 0 bridgehead atoms. The summed E-state index contributed by atoms with van der Waals surface area (Å²) >= 11 is 0. The molecule has 17 heavy (non-hydrogen) atoms.